The minimum atomic E-state index is -0.711. The first kappa shape index (κ1) is 14.7. The normalized spacial score (nSPS) is 18.3. The van der Waals surface area contributed by atoms with Gasteiger partial charge in [0.05, 0.1) is 12.5 Å². The average molecular weight is 253 g/mol. The third-order valence-corrected chi connectivity index (χ3v) is 3.08. The molecule has 1 atom stereocenters. The Labute approximate surface area is 108 Å². The molecule has 0 unspecified atom stereocenters. The highest BCUT2D eigenvalue weighted by atomic mass is 19.1. The van der Waals surface area contributed by atoms with Crippen LogP contribution in [0.4, 0.5) is 4.39 Å². The Balaban J connectivity index is 2.37. The number of nitrogens with zero attached hydrogens (tertiary/aromatic N) is 3. The molecule has 1 saturated heterocycles. The molecule has 1 rings (SSSR count). The fourth-order valence-electron chi connectivity index (χ4n) is 1.98. The third kappa shape index (κ3) is 4.11. The van der Waals surface area contributed by atoms with Crippen molar-refractivity contribution in [1.29, 1.82) is 5.26 Å². The van der Waals surface area contributed by atoms with Crippen LogP contribution >= 0.6 is 0 Å². The van der Waals surface area contributed by atoms with Gasteiger partial charge in [-0.05, 0) is 13.8 Å². The summed E-state index contributed by atoms with van der Waals surface area (Å²) in [6.07, 6.45) is 2.90. The van der Waals surface area contributed by atoms with Crippen LogP contribution < -0.4 is 0 Å². The predicted octanol–water partition coefficient (Wildman–Crippen LogP) is 1.35. The lowest BCUT2D eigenvalue weighted by molar-refractivity contribution is -0.127. The van der Waals surface area contributed by atoms with Gasteiger partial charge in [0.1, 0.15) is 6.17 Å². The van der Waals surface area contributed by atoms with Gasteiger partial charge in [-0.1, -0.05) is 6.08 Å². The topological polar surface area (TPSA) is 47.3 Å². The zero-order valence-corrected chi connectivity index (χ0v) is 11.0. The van der Waals surface area contributed by atoms with Gasteiger partial charge in [-0.2, -0.15) is 5.26 Å². The first-order valence-electron chi connectivity index (χ1n) is 6.29. The van der Waals surface area contributed by atoms with Crippen molar-refractivity contribution in [2.24, 2.45) is 0 Å². The number of amides is 1. The van der Waals surface area contributed by atoms with Gasteiger partial charge in [0, 0.05) is 38.3 Å². The second kappa shape index (κ2) is 7.12. The van der Waals surface area contributed by atoms with Crippen molar-refractivity contribution in [3.63, 3.8) is 0 Å². The van der Waals surface area contributed by atoms with Crippen LogP contribution in [0.15, 0.2) is 12.2 Å². The second-order valence-electron chi connectivity index (χ2n) is 4.55. The van der Waals surface area contributed by atoms with Gasteiger partial charge >= 0.3 is 0 Å². The van der Waals surface area contributed by atoms with E-state index in [0.29, 0.717) is 32.6 Å². The van der Waals surface area contributed by atoms with Crippen LogP contribution in [-0.4, -0.2) is 54.1 Å². The smallest absolute Gasteiger partial charge is 0.246 e. The molecule has 4 nitrogen and oxygen atoms in total. The molecule has 0 aromatic rings. The molecule has 0 aromatic carbocycles. The second-order valence-corrected chi connectivity index (χ2v) is 4.55. The number of likely N-dealkylation sites (tertiary alicyclic amines) is 1. The van der Waals surface area contributed by atoms with Crippen molar-refractivity contribution >= 4 is 5.91 Å². The van der Waals surface area contributed by atoms with Gasteiger partial charge in [0.15, 0.2) is 0 Å². The van der Waals surface area contributed by atoms with E-state index in [0.717, 1.165) is 0 Å². The molecule has 0 radical (unpaired) electrons. The number of carbonyl (C=O) groups excluding carboxylic acids is 1. The monoisotopic (exact) mass is 253 g/mol. The maximum atomic E-state index is 12.6. The van der Waals surface area contributed by atoms with E-state index in [1.54, 1.807) is 11.0 Å². The van der Waals surface area contributed by atoms with Gasteiger partial charge < -0.3 is 4.90 Å². The summed E-state index contributed by atoms with van der Waals surface area (Å²) in [7, 11) is 0. The Morgan fingerprint density at radius 3 is 2.83 bits per heavy atom. The van der Waals surface area contributed by atoms with Crippen molar-refractivity contribution in [2.45, 2.75) is 32.5 Å². The largest absolute Gasteiger partial charge is 0.336 e. The third-order valence-electron chi connectivity index (χ3n) is 3.08. The molecule has 1 aliphatic rings. The maximum Gasteiger partial charge on any atom is 0.246 e. The molecule has 0 bridgehead atoms. The lowest BCUT2D eigenvalue weighted by Crippen LogP contribution is -2.48. The van der Waals surface area contributed by atoms with E-state index >= 15 is 0 Å². The molecular weight excluding hydrogens is 233 g/mol. The quantitative estimate of drug-likeness (QED) is 0.671. The Morgan fingerprint density at radius 1 is 1.67 bits per heavy atom. The van der Waals surface area contributed by atoms with Crippen LogP contribution in [0.3, 0.4) is 0 Å². The minimum absolute atomic E-state index is 0.0728. The van der Waals surface area contributed by atoms with Gasteiger partial charge in [-0.15, -0.1) is 0 Å². The first-order chi connectivity index (χ1) is 8.58. The number of hydrogen-bond acceptors (Lipinski definition) is 3. The summed E-state index contributed by atoms with van der Waals surface area (Å²) in [5.74, 6) is -0.0856. The maximum absolute atomic E-state index is 12.6. The Bertz CT molecular complexity index is 345. The lowest BCUT2D eigenvalue weighted by Gasteiger charge is -2.33. The fourth-order valence-corrected chi connectivity index (χ4v) is 1.98. The fraction of sp³-hybridized carbons (Fsp3) is 0.692. The first-order valence-corrected chi connectivity index (χ1v) is 6.29. The highest BCUT2D eigenvalue weighted by Crippen LogP contribution is 2.10. The molecule has 100 valence electrons. The molecule has 0 aromatic heterocycles. The summed E-state index contributed by atoms with van der Waals surface area (Å²) >= 11 is 0. The molecule has 1 fully saturated rings. The van der Waals surface area contributed by atoms with Crippen LogP contribution in [0.1, 0.15) is 20.3 Å². The zero-order valence-electron chi connectivity index (χ0n) is 11.0. The molecule has 1 aliphatic heterocycles. The summed E-state index contributed by atoms with van der Waals surface area (Å²) < 4.78 is 12.6. The lowest BCUT2D eigenvalue weighted by atomic mass is 10.2. The van der Waals surface area contributed by atoms with E-state index in [4.69, 9.17) is 5.26 Å². The standard InChI is InChI=1S/C13H20FN3O/c1-3-17(11(2)6-7-15)13(18)5-4-8-16-9-12(14)10-16/h4-5,11-12H,3,6,8-10H2,1-2H3/b5-4+/t11-/m1/s1. The van der Waals surface area contributed by atoms with Gasteiger partial charge in [0.2, 0.25) is 5.91 Å². The van der Waals surface area contributed by atoms with E-state index < -0.39 is 6.17 Å². The number of halogens is 1. The number of hydrogen-bond donors (Lipinski definition) is 0. The molecule has 5 heteroatoms. The Hall–Kier alpha value is -1.41. The number of rotatable bonds is 6. The number of nitriles is 1. The van der Waals surface area contributed by atoms with Crippen LogP contribution in [0.2, 0.25) is 0 Å². The van der Waals surface area contributed by atoms with E-state index in [-0.39, 0.29) is 11.9 Å². The van der Waals surface area contributed by atoms with E-state index in [1.165, 1.54) is 6.08 Å². The molecule has 1 heterocycles. The van der Waals surface area contributed by atoms with Gasteiger partial charge in [-0.25, -0.2) is 4.39 Å². The molecule has 0 N–H and O–H groups in total. The summed E-state index contributed by atoms with van der Waals surface area (Å²) in [5.41, 5.74) is 0. The van der Waals surface area contributed by atoms with Gasteiger partial charge in [0.25, 0.3) is 0 Å². The number of alkyl halides is 1. The molecule has 0 aliphatic carbocycles. The molecular formula is C13H20FN3O. The summed E-state index contributed by atoms with van der Waals surface area (Å²) in [6.45, 7) is 5.87. The average Bonchev–Trinajstić information content (AvgIpc) is 2.28. The Morgan fingerprint density at radius 2 is 2.33 bits per heavy atom. The van der Waals surface area contributed by atoms with E-state index in [2.05, 4.69) is 6.07 Å². The minimum Gasteiger partial charge on any atom is -0.336 e. The van der Waals surface area contributed by atoms with E-state index in [1.807, 2.05) is 18.7 Å². The molecule has 18 heavy (non-hydrogen) atoms. The zero-order chi connectivity index (χ0) is 13.5. The van der Waals surface area contributed by atoms with E-state index in [9.17, 15) is 9.18 Å². The number of likely N-dealkylation sites (N-methyl/N-ethyl adjacent to an activating group) is 1. The SMILES string of the molecule is CCN(C(=O)/C=C/CN1CC(F)C1)[C@H](C)CC#N. The summed E-state index contributed by atoms with van der Waals surface area (Å²) in [6, 6.07) is 1.99. The molecule has 0 saturated carbocycles. The van der Waals surface area contributed by atoms with Crippen molar-refractivity contribution in [1.82, 2.24) is 9.80 Å². The van der Waals surface area contributed by atoms with Crippen molar-refractivity contribution < 1.29 is 9.18 Å². The highest BCUT2D eigenvalue weighted by molar-refractivity contribution is 5.87. The van der Waals surface area contributed by atoms with Gasteiger partial charge in [-0.3, -0.25) is 9.69 Å². The number of carbonyl (C=O) groups is 1. The van der Waals surface area contributed by atoms with Crippen LogP contribution in [0.25, 0.3) is 0 Å². The van der Waals surface area contributed by atoms with Crippen molar-refractivity contribution in [3.8, 4) is 6.07 Å². The molecule has 0 spiro atoms. The summed E-state index contributed by atoms with van der Waals surface area (Å²) in [5, 5.41) is 8.63. The van der Waals surface area contributed by atoms with Crippen molar-refractivity contribution in [2.75, 3.05) is 26.2 Å². The van der Waals surface area contributed by atoms with Crippen molar-refractivity contribution in [3.05, 3.63) is 12.2 Å². The Kier molecular flexibility index (Phi) is 5.79. The summed E-state index contributed by atoms with van der Waals surface area (Å²) in [4.78, 5) is 15.5. The molecule has 1 amide bonds. The van der Waals surface area contributed by atoms with Crippen LogP contribution in [0.5, 0.6) is 0 Å². The van der Waals surface area contributed by atoms with Crippen LogP contribution in [0, 0.1) is 11.3 Å². The van der Waals surface area contributed by atoms with Crippen LogP contribution in [-0.2, 0) is 4.79 Å². The predicted molar refractivity (Wildman–Crippen MR) is 67.6 cm³/mol. The highest BCUT2D eigenvalue weighted by Gasteiger charge is 2.24.